The summed E-state index contributed by atoms with van der Waals surface area (Å²) in [6.45, 7) is 5.97. The van der Waals surface area contributed by atoms with Crippen LogP contribution in [0.1, 0.15) is 23.0 Å². The minimum absolute atomic E-state index is 0. The third-order valence-corrected chi connectivity index (χ3v) is 3.98. The average Bonchev–Trinajstić information content (AvgIpc) is 2.88. The maximum Gasteiger partial charge on any atom is 0.257 e. The summed E-state index contributed by atoms with van der Waals surface area (Å²) in [6.07, 6.45) is 1.52. The van der Waals surface area contributed by atoms with Gasteiger partial charge >= 0.3 is 0 Å². The second kappa shape index (κ2) is 7.10. The Balaban J connectivity index is 0.00000192. The Labute approximate surface area is 140 Å². The van der Waals surface area contributed by atoms with Gasteiger partial charge in [-0.15, -0.1) is 12.4 Å². The fraction of sp³-hybridized carbons (Fsp3) is 0.375. The molecule has 1 unspecified atom stereocenters. The molecular weight excluding hydrogens is 319 g/mol. The first-order chi connectivity index (χ1) is 10.6. The third-order valence-electron chi connectivity index (χ3n) is 3.98. The monoisotopic (exact) mass is 338 g/mol. The Morgan fingerprint density at radius 2 is 2.13 bits per heavy atom. The lowest BCUT2D eigenvalue weighted by atomic mass is 10.1. The molecule has 1 aliphatic heterocycles. The van der Waals surface area contributed by atoms with E-state index in [1.165, 1.54) is 16.9 Å². The molecule has 1 atom stereocenters. The van der Waals surface area contributed by atoms with Crippen LogP contribution in [0.15, 0.2) is 30.5 Å². The molecule has 23 heavy (non-hydrogen) atoms. The molecule has 7 heteroatoms. The summed E-state index contributed by atoms with van der Waals surface area (Å²) in [4.78, 5) is 14.5. The molecule has 1 saturated heterocycles. The van der Waals surface area contributed by atoms with Gasteiger partial charge in [0.2, 0.25) is 0 Å². The second-order valence-electron chi connectivity index (χ2n) is 5.61. The van der Waals surface area contributed by atoms with Gasteiger partial charge in [-0.25, -0.2) is 9.07 Å². The lowest BCUT2D eigenvalue weighted by Gasteiger charge is -2.31. The lowest BCUT2D eigenvalue weighted by molar-refractivity contribution is 0.0708. The van der Waals surface area contributed by atoms with Gasteiger partial charge in [-0.1, -0.05) is 12.1 Å². The normalized spacial score (nSPS) is 17.7. The fourth-order valence-corrected chi connectivity index (χ4v) is 2.77. The average molecular weight is 339 g/mol. The van der Waals surface area contributed by atoms with Crippen molar-refractivity contribution >= 4 is 18.3 Å². The van der Waals surface area contributed by atoms with Gasteiger partial charge in [0.15, 0.2) is 0 Å². The molecule has 1 amide bonds. The highest BCUT2D eigenvalue weighted by Crippen LogP contribution is 2.18. The van der Waals surface area contributed by atoms with Gasteiger partial charge in [0.1, 0.15) is 11.5 Å². The van der Waals surface area contributed by atoms with Crippen molar-refractivity contribution in [2.24, 2.45) is 0 Å². The van der Waals surface area contributed by atoms with Crippen LogP contribution >= 0.6 is 12.4 Å². The van der Waals surface area contributed by atoms with Crippen LogP contribution in [0.2, 0.25) is 0 Å². The first-order valence-electron chi connectivity index (χ1n) is 7.40. The first-order valence-corrected chi connectivity index (χ1v) is 7.40. The highest BCUT2D eigenvalue weighted by Gasteiger charge is 2.25. The zero-order valence-corrected chi connectivity index (χ0v) is 13.9. The molecule has 2 heterocycles. The topological polar surface area (TPSA) is 50.2 Å². The number of rotatable bonds is 2. The molecule has 124 valence electrons. The number of carbonyl (C=O) groups is 1. The molecule has 0 spiro atoms. The van der Waals surface area contributed by atoms with Crippen molar-refractivity contribution < 1.29 is 9.18 Å². The Hall–Kier alpha value is -1.92. The van der Waals surface area contributed by atoms with Crippen LogP contribution in [0.3, 0.4) is 0 Å². The summed E-state index contributed by atoms with van der Waals surface area (Å²) >= 11 is 0. The van der Waals surface area contributed by atoms with Crippen molar-refractivity contribution in [3.8, 4) is 5.69 Å². The molecule has 5 nitrogen and oxygen atoms in total. The third kappa shape index (κ3) is 3.38. The maximum atomic E-state index is 13.9. The van der Waals surface area contributed by atoms with Gasteiger partial charge in [0.05, 0.1) is 17.5 Å². The van der Waals surface area contributed by atoms with E-state index in [-0.39, 0.29) is 30.2 Å². The van der Waals surface area contributed by atoms with Crippen LogP contribution in [0.5, 0.6) is 0 Å². The number of nitrogens with zero attached hydrogens (tertiary/aromatic N) is 3. The molecule has 1 aromatic carbocycles. The fourth-order valence-electron chi connectivity index (χ4n) is 2.77. The van der Waals surface area contributed by atoms with E-state index in [9.17, 15) is 9.18 Å². The first kappa shape index (κ1) is 17.4. The summed E-state index contributed by atoms with van der Waals surface area (Å²) in [6, 6.07) is 6.69. The summed E-state index contributed by atoms with van der Waals surface area (Å²) < 4.78 is 15.4. The lowest BCUT2D eigenvalue weighted by Crippen LogP contribution is -2.51. The van der Waals surface area contributed by atoms with E-state index < -0.39 is 0 Å². The number of nitrogens with one attached hydrogen (secondary N) is 1. The van der Waals surface area contributed by atoms with E-state index in [2.05, 4.69) is 17.3 Å². The van der Waals surface area contributed by atoms with Crippen molar-refractivity contribution in [3.05, 3.63) is 47.5 Å². The number of benzene rings is 1. The van der Waals surface area contributed by atoms with Gasteiger partial charge in [0.25, 0.3) is 5.91 Å². The van der Waals surface area contributed by atoms with Crippen molar-refractivity contribution in [1.82, 2.24) is 20.0 Å². The van der Waals surface area contributed by atoms with E-state index in [0.29, 0.717) is 30.0 Å². The maximum absolute atomic E-state index is 13.9. The van der Waals surface area contributed by atoms with Crippen LogP contribution in [0.25, 0.3) is 5.69 Å². The molecule has 0 saturated carbocycles. The Kier molecular flexibility index (Phi) is 5.38. The number of aromatic nitrogens is 2. The summed E-state index contributed by atoms with van der Waals surface area (Å²) in [5.74, 6) is -0.406. The molecule has 2 aromatic rings. The van der Waals surface area contributed by atoms with E-state index in [4.69, 9.17) is 0 Å². The largest absolute Gasteiger partial charge is 0.336 e. The molecule has 0 aliphatic carbocycles. The van der Waals surface area contributed by atoms with E-state index in [1.54, 1.807) is 25.1 Å². The summed E-state index contributed by atoms with van der Waals surface area (Å²) in [5.41, 5.74) is 1.53. The molecule has 1 fully saturated rings. The highest BCUT2D eigenvalue weighted by molar-refractivity contribution is 5.95. The predicted molar refractivity (Wildman–Crippen MR) is 88.9 cm³/mol. The molecule has 1 aliphatic rings. The molecule has 1 N–H and O–H groups in total. The zero-order chi connectivity index (χ0) is 15.7. The Morgan fingerprint density at radius 3 is 2.83 bits per heavy atom. The predicted octanol–water partition coefficient (Wildman–Crippen LogP) is 2.18. The standard InChI is InChI=1S/C16H19FN4O.ClH/c1-11-10-20(8-7-18-11)16(22)13-9-19-21(12(13)2)15-6-4-3-5-14(15)17;/h3-6,9,11,18H,7-8,10H2,1-2H3;1H. The van der Waals surface area contributed by atoms with Gasteiger partial charge in [-0.3, -0.25) is 4.79 Å². The van der Waals surface area contributed by atoms with Crippen molar-refractivity contribution in [2.45, 2.75) is 19.9 Å². The van der Waals surface area contributed by atoms with Gasteiger partial charge < -0.3 is 10.2 Å². The summed E-state index contributed by atoms with van der Waals surface area (Å²) in [7, 11) is 0. The minimum Gasteiger partial charge on any atom is -0.336 e. The number of carbonyl (C=O) groups excluding carboxylic acids is 1. The van der Waals surface area contributed by atoms with Gasteiger partial charge in [-0.05, 0) is 26.0 Å². The molecule has 0 radical (unpaired) electrons. The Bertz CT molecular complexity index is 703. The SMILES string of the molecule is Cc1c(C(=O)N2CCNC(C)C2)cnn1-c1ccccc1F.Cl. The number of para-hydroxylation sites is 1. The number of halogens is 2. The smallest absolute Gasteiger partial charge is 0.257 e. The Morgan fingerprint density at radius 1 is 1.39 bits per heavy atom. The number of hydrogen-bond acceptors (Lipinski definition) is 3. The van der Waals surface area contributed by atoms with E-state index in [0.717, 1.165) is 6.54 Å². The zero-order valence-electron chi connectivity index (χ0n) is 13.1. The minimum atomic E-state index is -0.358. The number of amides is 1. The van der Waals surface area contributed by atoms with E-state index >= 15 is 0 Å². The molecular formula is C16H20ClFN4O. The number of piperazine rings is 1. The van der Waals surface area contributed by atoms with Crippen LogP contribution < -0.4 is 5.32 Å². The van der Waals surface area contributed by atoms with Crippen molar-refractivity contribution in [1.29, 1.82) is 0 Å². The van der Waals surface area contributed by atoms with Crippen molar-refractivity contribution in [3.63, 3.8) is 0 Å². The highest BCUT2D eigenvalue weighted by atomic mass is 35.5. The van der Waals surface area contributed by atoms with Crippen LogP contribution in [-0.4, -0.2) is 46.3 Å². The van der Waals surface area contributed by atoms with Crippen LogP contribution in [0.4, 0.5) is 4.39 Å². The van der Waals surface area contributed by atoms with Crippen molar-refractivity contribution in [2.75, 3.05) is 19.6 Å². The quantitative estimate of drug-likeness (QED) is 0.913. The number of hydrogen-bond donors (Lipinski definition) is 1. The van der Waals surface area contributed by atoms with Crippen LogP contribution in [-0.2, 0) is 0 Å². The second-order valence-corrected chi connectivity index (χ2v) is 5.61. The molecule has 3 rings (SSSR count). The molecule has 0 bridgehead atoms. The van der Waals surface area contributed by atoms with Gasteiger partial charge in [0, 0.05) is 25.7 Å². The molecule has 1 aromatic heterocycles. The van der Waals surface area contributed by atoms with E-state index in [1.807, 2.05) is 4.90 Å². The summed E-state index contributed by atoms with van der Waals surface area (Å²) in [5, 5.41) is 7.50. The van der Waals surface area contributed by atoms with Crippen LogP contribution in [0, 0.1) is 12.7 Å². The van der Waals surface area contributed by atoms with Gasteiger partial charge in [-0.2, -0.15) is 5.10 Å².